The molecule has 3 rings (SSSR count). The average molecular weight is 437 g/mol. The molecule has 0 aliphatic heterocycles. The average Bonchev–Trinajstić information content (AvgIpc) is 2.79. The Kier molecular flexibility index (Phi) is 7.62. The summed E-state index contributed by atoms with van der Waals surface area (Å²) >= 11 is 0. The number of nitrogens with zero attached hydrogens (tertiary/aromatic N) is 2. The number of ether oxygens (including phenoxy) is 2. The first-order valence-electron chi connectivity index (χ1n) is 10.2. The highest BCUT2D eigenvalue weighted by Crippen LogP contribution is 2.18. The molecule has 0 fully saturated rings. The number of methoxy groups -OCH3 is 1. The summed E-state index contributed by atoms with van der Waals surface area (Å²) in [6.45, 7) is 3.19. The highest BCUT2D eigenvalue weighted by molar-refractivity contribution is 5.91. The number of hydrogen-bond acceptors (Lipinski definition) is 6. The van der Waals surface area contributed by atoms with Crippen molar-refractivity contribution in [3.63, 3.8) is 0 Å². The number of aliphatic hydroxyl groups excluding tert-OH is 1. The van der Waals surface area contributed by atoms with Crippen LogP contribution in [0.4, 0.5) is 5.69 Å². The first-order valence-corrected chi connectivity index (χ1v) is 10.2. The van der Waals surface area contributed by atoms with Gasteiger partial charge in [0.25, 0.3) is 5.56 Å². The molecule has 0 atom stereocenters. The molecule has 8 nitrogen and oxygen atoms in total. The molecule has 1 heterocycles. The second kappa shape index (κ2) is 10.6. The topological polar surface area (TPSA) is 103 Å². The molecule has 0 aliphatic carbocycles. The number of anilines is 1. The van der Waals surface area contributed by atoms with E-state index in [1.165, 1.54) is 4.57 Å². The lowest BCUT2D eigenvalue weighted by Gasteiger charge is -2.16. The van der Waals surface area contributed by atoms with E-state index >= 15 is 0 Å². The van der Waals surface area contributed by atoms with Gasteiger partial charge >= 0.3 is 0 Å². The molecule has 0 saturated heterocycles. The molecule has 8 heteroatoms. The summed E-state index contributed by atoms with van der Waals surface area (Å²) in [5.74, 6) is 1.25. The van der Waals surface area contributed by atoms with Gasteiger partial charge in [-0.25, -0.2) is 4.98 Å². The molecule has 0 aliphatic rings. The zero-order valence-electron chi connectivity index (χ0n) is 18.4. The van der Waals surface area contributed by atoms with Crippen molar-refractivity contribution in [2.75, 3.05) is 19.0 Å². The van der Waals surface area contributed by atoms with Crippen LogP contribution < -0.4 is 20.3 Å². The molecule has 1 amide bonds. The summed E-state index contributed by atoms with van der Waals surface area (Å²) in [6, 6.07) is 14.4. The first-order chi connectivity index (χ1) is 15.4. The lowest BCUT2D eigenvalue weighted by Crippen LogP contribution is -2.34. The van der Waals surface area contributed by atoms with Crippen molar-refractivity contribution in [1.82, 2.24) is 9.55 Å². The number of aryl methyl sites for hydroxylation is 2. The zero-order chi connectivity index (χ0) is 23.1. The van der Waals surface area contributed by atoms with Crippen LogP contribution in [-0.2, 0) is 24.4 Å². The molecule has 2 aromatic carbocycles. The van der Waals surface area contributed by atoms with E-state index in [1.807, 2.05) is 25.1 Å². The molecule has 168 valence electrons. The fourth-order valence-electron chi connectivity index (χ4n) is 3.30. The molecular formula is C24H27N3O5. The lowest BCUT2D eigenvalue weighted by atomic mass is 10.1. The maximum Gasteiger partial charge on any atom is 0.257 e. The lowest BCUT2D eigenvalue weighted by molar-refractivity contribution is -0.116. The number of para-hydroxylation sites is 1. The normalized spacial score (nSPS) is 10.6. The number of aliphatic hydroxyl groups is 1. The Morgan fingerprint density at radius 2 is 1.78 bits per heavy atom. The van der Waals surface area contributed by atoms with Crippen molar-refractivity contribution in [1.29, 1.82) is 0 Å². The maximum absolute atomic E-state index is 13.1. The Labute approximate surface area is 186 Å². The maximum atomic E-state index is 13.1. The molecule has 0 radical (unpaired) electrons. The van der Waals surface area contributed by atoms with Gasteiger partial charge in [-0.2, -0.15) is 0 Å². The van der Waals surface area contributed by atoms with Crippen LogP contribution in [0.25, 0.3) is 0 Å². The SMILES string of the molecule is COc1ccc(OCc2nc(C)c(CCO)c(=O)n2CC(=O)Nc2ccccc2C)cc1. The zero-order valence-corrected chi connectivity index (χ0v) is 18.4. The van der Waals surface area contributed by atoms with E-state index in [4.69, 9.17) is 9.47 Å². The predicted octanol–water partition coefficient (Wildman–Crippen LogP) is 2.62. The molecule has 3 aromatic rings. The number of rotatable bonds is 9. The number of amides is 1. The summed E-state index contributed by atoms with van der Waals surface area (Å²) in [7, 11) is 1.58. The molecule has 0 unspecified atom stereocenters. The number of nitrogens with one attached hydrogen (secondary N) is 1. The standard InChI is InChI=1S/C24H27N3O5/c1-16-6-4-5-7-21(16)26-23(29)14-27-22(25-17(2)20(12-13-28)24(27)30)15-32-19-10-8-18(31-3)9-11-19/h4-11,28H,12-15H2,1-3H3,(H,26,29). The number of hydrogen-bond donors (Lipinski definition) is 2. The third-order valence-electron chi connectivity index (χ3n) is 5.06. The van der Waals surface area contributed by atoms with E-state index in [-0.39, 0.29) is 37.6 Å². The monoisotopic (exact) mass is 437 g/mol. The Bertz CT molecular complexity index is 1140. The summed E-state index contributed by atoms with van der Waals surface area (Å²) < 4.78 is 12.2. The smallest absolute Gasteiger partial charge is 0.257 e. The van der Waals surface area contributed by atoms with Crippen LogP contribution in [0.5, 0.6) is 11.5 Å². The van der Waals surface area contributed by atoms with E-state index in [0.717, 1.165) is 5.56 Å². The van der Waals surface area contributed by atoms with Crippen molar-refractivity contribution in [3.8, 4) is 11.5 Å². The van der Waals surface area contributed by atoms with Crippen LogP contribution in [0.15, 0.2) is 53.3 Å². The Morgan fingerprint density at radius 1 is 1.09 bits per heavy atom. The molecule has 32 heavy (non-hydrogen) atoms. The molecule has 1 aromatic heterocycles. The number of carbonyl (C=O) groups excluding carboxylic acids is 1. The Hall–Kier alpha value is -3.65. The van der Waals surface area contributed by atoms with Gasteiger partial charge in [-0.15, -0.1) is 0 Å². The van der Waals surface area contributed by atoms with Crippen molar-refractivity contribution >= 4 is 11.6 Å². The van der Waals surface area contributed by atoms with Gasteiger partial charge in [-0.1, -0.05) is 18.2 Å². The van der Waals surface area contributed by atoms with Crippen LogP contribution in [0.1, 0.15) is 22.6 Å². The van der Waals surface area contributed by atoms with E-state index in [0.29, 0.717) is 34.3 Å². The number of carbonyl (C=O) groups is 1. The minimum absolute atomic E-state index is 0.000537. The summed E-state index contributed by atoms with van der Waals surface area (Å²) in [5.41, 5.74) is 2.12. The predicted molar refractivity (Wildman–Crippen MR) is 121 cm³/mol. The van der Waals surface area contributed by atoms with Crippen molar-refractivity contribution in [2.45, 2.75) is 33.4 Å². The second-order valence-corrected chi connectivity index (χ2v) is 7.28. The summed E-state index contributed by atoms with van der Waals surface area (Å²) in [5, 5.41) is 12.2. The fourth-order valence-corrected chi connectivity index (χ4v) is 3.30. The third-order valence-corrected chi connectivity index (χ3v) is 5.06. The highest BCUT2D eigenvalue weighted by Gasteiger charge is 2.17. The third kappa shape index (κ3) is 5.53. The fraction of sp³-hybridized carbons (Fsp3) is 0.292. The van der Waals surface area contributed by atoms with Gasteiger partial charge in [0.2, 0.25) is 5.91 Å². The summed E-state index contributed by atoms with van der Waals surface area (Å²) in [6.07, 6.45) is 0.163. The van der Waals surface area contributed by atoms with E-state index < -0.39 is 0 Å². The highest BCUT2D eigenvalue weighted by atomic mass is 16.5. The summed E-state index contributed by atoms with van der Waals surface area (Å²) in [4.78, 5) is 30.3. The van der Waals surface area contributed by atoms with Gasteiger partial charge in [-0.05, 0) is 49.7 Å². The van der Waals surface area contributed by atoms with Crippen LogP contribution >= 0.6 is 0 Å². The van der Waals surface area contributed by atoms with Crippen molar-refractivity contribution in [3.05, 3.63) is 81.5 Å². The Morgan fingerprint density at radius 3 is 2.44 bits per heavy atom. The molecule has 2 N–H and O–H groups in total. The molecular weight excluding hydrogens is 410 g/mol. The van der Waals surface area contributed by atoms with Gasteiger partial charge in [-0.3, -0.25) is 14.2 Å². The van der Waals surface area contributed by atoms with Crippen LogP contribution in [0.3, 0.4) is 0 Å². The van der Waals surface area contributed by atoms with Crippen LogP contribution in [0, 0.1) is 13.8 Å². The second-order valence-electron chi connectivity index (χ2n) is 7.28. The van der Waals surface area contributed by atoms with Gasteiger partial charge in [0, 0.05) is 30.0 Å². The van der Waals surface area contributed by atoms with Crippen LogP contribution in [-0.4, -0.2) is 34.3 Å². The van der Waals surface area contributed by atoms with Gasteiger partial charge in [0.1, 0.15) is 30.5 Å². The Balaban J connectivity index is 1.87. The van der Waals surface area contributed by atoms with Crippen molar-refractivity contribution in [2.24, 2.45) is 0 Å². The van der Waals surface area contributed by atoms with E-state index in [2.05, 4.69) is 10.3 Å². The number of aromatic nitrogens is 2. The first kappa shape index (κ1) is 23.0. The van der Waals surface area contributed by atoms with Gasteiger partial charge in [0.15, 0.2) is 0 Å². The molecule has 0 spiro atoms. The minimum Gasteiger partial charge on any atom is -0.497 e. The van der Waals surface area contributed by atoms with Gasteiger partial charge in [0.05, 0.1) is 7.11 Å². The van der Waals surface area contributed by atoms with E-state index in [9.17, 15) is 14.7 Å². The number of benzene rings is 2. The van der Waals surface area contributed by atoms with Gasteiger partial charge < -0.3 is 19.9 Å². The molecule has 0 saturated carbocycles. The van der Waals surface area contributed by atoms with Crippen LogP contribution in [0.2, 0.25) is 0 Å². The minimum atomic E-state index is -0.361. The molecule has 0 bridgehead atoms. The largest absolute Gasteiger partial charge is 0.497 e. The van der Waals surface area contributed by atoms with E-state index in [1.54, 1.807) is 44.4 Å². The van der Waals surface area contributed by atoms with Crippen molar-refractivity contribution < 1.29 is 19.4 Å². The quantitative estimate of drug-likeness (QED) is 0.534.